The Morgan fingerprint density at radius 1 is 0.811 bits per heavy atom. The predicted molar refractivity (Wildman–Crippen MR) is 145 cm³/mol. The Hall–Kier alpha value is -4.17. The van der Waals surface area contributed by atoms with Gasteiger partial charge in [-0.3, -0.25) is 14.4 Å². The summed E-state index contributed by atoms with van der Waals surface area (Å²) in [7, 11) is 0. The van der Waals surface area contributed by atoms with Crippen molar-refractivity contribution in [3.63, 3.8) is 0 Å². The van der Waals surface area contributed by atoms with Crippen molar-refractivity contribution in [2.45, 2.75) is 31.8 Å². The molecule has 0 aromatic heterocycles. The smallest absolute Gasteiger partial charge is 0.251 e. The molecule has 1 aliphatic heterocycles. The van der Waals surface area contributed by atoms with Gasteiger partial charge in [-0.05, 0) is 61.2 Å². The van der Waals surface area contributed by atoms with Crippen molar-refractivity contribution in [2.75, 3.05) is 35.6 Å². The number of nitrogens with one attached hydrogen (secondary N) is 4. The minimum absolute atomic E-state index is 0.0286. The van der Waals surface area contributed by atoms with Gasteiger partial charge in [0.25, 0.3) is 5.91 Å². The Morgan fingerprint density at radius 3 is 2.32 bits per heavy atom. The van der Waals surface area contributed by atoms with Crippen LogP contribution in [-0.2, 0) is 20.7 Å². The van der Waals surface area contributed by atoms with E-state index in [9.17, 15) is 14.4 Å². The van der Waals surface area contributed by atoms with Crippen LogP contribution in [0.4, 0.5) is 17.1 Å². The van der Waals surface area contributed by atoms with Gasteiger partial charge in [-0.15, -0.1) is 0 Å². The molecular formula is C29H32N4O4. The summed E-state index contributed by atoms with van der Waals surface area (Å²) in [4.78, 5) is 37.3. The van der Waals surface area contributed by atoms with E-state index in [-0.39, 0.29) is 30.4 Å². The van der Waals surface area contributed by atoms with Crippen molar-refractivity contribution in [1.29, 1.82) is 0 Å². The third kappa shape index (κ3) is 8.47. The normalized spacial score (nSPS) is 14.5. The Bertz CT molecular complexity index is 1210. The summed E-state index contributed by atoms with van der Waals surface area (Å²) in [6.45, 7) is 1.25. The van der Waals surface area contributed by atoms with E-state index in [0.29, 0.717) is 42.0 Å². The fraction of sp³-hybridized carbons (Fsp3) is 0.276. The quantitative estimate of drug-likeness (QED) is 0.315. The van der Waals surface area contributed by atoms with Crippen LogP contribution < -0.4 is 21.3 Å². The molecule has 3 aromatic rings. The van der Waals surface area contributed by atoms with Crippen molar-refractivity contribution >= 4 is 34.8 Å². The van der Waals surface area contributed by atoms with Gasteiger partial charge in [0, 0.05) is 42.2 Å². The van der Waals surface area contributed by atoms with Gasteiger partial charge < -0.3 is 26.0 Å². The zero-order chi connectivity index (χ0) is 25.9. The highest BCUT2D eigenvalue weighted by Gasteiger charge is 2.17. The largest absolute Gasteiger partial charge is 0.376 e. The number of amides is 3. The van der Waals surface area contributed by atoms with Crippen molar-refractivity contribution in [1.82, 2.24) is 5.32 Å². The van der Waals surface area contributed by atoms with Gasteiger partial charge in [0.1, 0.15) is 0 Å². The van der Waals surface area contributed by atoms with Gasteiger partial charge in [-0.25, -0.2) is 0 Å². The minimum atomic E-state index is -0.255. The molecule has 8 heteroatoms. The second kappa shape index (κ2) is 13.2. The summed E-state index contributed by atoms with van der Waals surface area (Å²) in [5.74, 6) is -0.528. The van der Waals surface area contributed by atoms with E-state index in [4.69, 9.17) is 4.74 Å². The molecule has 0 spiro atoms. The average molecular weight is 501 g/mol. The van der Waals surface area contributed by atoms with Crippen molar-refractivity contribution in [3.8, 4) is 0 Å². The Morgan fingerprint density at radius 2 is 1.54 bits per heavy atom. The molecular weight excluding hydrogens is 468 g/mol. The lowest BCUT2D eigenvalue weighted by atomic mass is 10.1. The first-order valence-corrected chi connectivity index (χ1v) is 12.5. The molecule has 0 saturated carbocycles. The lowest BCUT2D eigenvalue weighted by molar-refractivity contribution is -0.116. The molecule has 1 fully saturated rings. The molecule has 192 valence electrons. The van der Waals surface area contributed by atoms with Crippen molar-refractivity contribution in [2.24, 2.45) is 0 Å². The number of hydrogen-bond donors (Lipinski definition) is 4. The molecule has 1 aliphatic rings. The second-order valence-corrected chi connectivity index (χ2v) is 8.94. The van der Waals surface area contributed by atoms with E-state index in [0.717, 1.165) is 25.0 Å². The van der Waals surface area contributed by atoms with Crippen LogP contribution in [0.5, 0.6) is 0 Å². The fourth-order valence-electron chi connectivity index (χ4n) is 4.07. The summed E-state index contributed by atoms with van der Waals surface area (Å²) in [5, 5.41) is 11.7. The van der Waals surface area contributed by atoms with Crippen LogP contribution in [0.15, 0.2) is 78.9 Å². The fourth-order valence-corrected chi connectivity index (χ4v) is 4.07. The number of aryl methyl sites for hydroxylation is 1. The number of benzene rings is 3. The molecule has 1 atom stereocenters. The molecule has 1 unspecified atom stereocenters. The van der Waals surface area contributed by atoms with Gasteiger partial charge in [-0.1, -0.05) is 42.5 Å². The van der Waals surface area contributed by atoms with E-state index in [1.54, 1.807) is 36.4 Å². The Labute approximate surface area is 216 Å². The van der Waals surface area contributed by atoms with Crippen molar-refractivity contribution in [3.05, 3.63) is 90.0 Å². The average Bonchev–Trinajstić information content (AvgIpc) is 3.44. The number of carbonyl (C=O) groups is 3. The highest BCUT2D eigenvalue weighted by Crippen LogP contribution is 2.16. The summed E-state index contributed by atoms with van der Waals surface area (Å²) in [6.07, 6.45) is 3.09. The highest BCUT2D eigenvalue weighted by molar-refractivity contribution is 5.98. The van der Waals surface area contributed by atoms with E-state index in [2.05, 4.69) is 21.3 Å². The predicted octanol–water partition coefficient (Wildman–Crippen LogP) is 4.22. The first kappa shape index (κ1) is 25.9. The maximum atomic E-state index is 12.5. The van der Waals surface area contributed by atoms with Crippen LogP contribution in [0.1, 0.15) is 35.2 Å². The third-order valence-corrected chi connectivity index (χ3v) is 6.01. The lowest BCUT2D eigenvalue weighted by Crippen LogP contribution is -2.31. The number of rotatable bonds is 11. The summed E-state index contributed by atoms with van der Waals surface area (Å²) in [6, 6.07) is 23.9. The van der Waals surface area contributed by atoms with Gasteiger partial charge in [0.15, 0.2) is 0 Å². The van der Waals surface area contributed by atoms with E-state index >= 15 is 0 Å². The summed E-state index contributed by atoms with van der Waals surface area (Å²) < 4.78 is 5.53. The molecule has 0 bridgehead atoms. The molecule has 4 rings (SSSR count). The Balaban J connectivity index is 1.22. The summed E-state index contributed by atoms with van der Waals surface area (Å²) in [5.41, 5.74) is 3.49. The van der Waals surface area contributed by atoms with Crippen molar-refractivity contribution < 1.29 is 19.1 Å². The van der Waals surface area contributed by atoms with E-state index in [1.807, 2.05) is 42.5 Å². The molecule has 8 nitrogen and oxygen atoms in total. The molecule has 37 heavy (non-hydrogen) atoms. The first-order chi connectivity index (χ1) is 18.0. The monoisotopic (exact) mass is 500 g/mol. The molecule has 1 heterocycles. The van der Waals surface area contributed by atoms with Gasteiger partial charge in [0.05, 0.1) is 12.6 Å². The zero-order valence-corrected chi connectivity index (χ0v) is 20.7. The van der Waals surface area contributed by atoms with Crippen LogP contribution >= 0.6 is 0 Å². The van der Waals surface area contributed by atoms with Crippen LogP contribution in [0, 0.1) is 0 Å². The SMILES string of the molecule is O=C(CCc1ccccc1)Nc1cccc(NCC(=O)Nc2cccc(C(=O)NCC3CCCO3)c2)c1. The third-order valence-electron chi connectivity index (χ3n) is 6.01. The number of anilines is 3. The van der Waals surface area contributed by atoms with E-state index in [1.165, 1.54) is 0 Å². The molecule has 0 radical (unpaired) electrons. The molecule has 3 amide bonds. The number of hydrogen-bond acceptors (Lipinski definition) is 5. The Kier molecular flexibility index (Phi) is 9.26. The van der Waals surface area contributed by atoms with Gasteiger partial charge >= 0.3 is 0 Å². The maximum absolute atomic E-state index is 12.5. The first-order valence-electron chi connectivity index (χ1n) is 12.5. The second-order valence-electron chi connectivity index (χ2n) is 8.94. The maximum Gasteiger partial charge on any atom is 0.251 e. The number of carbonyl (C=O) groups excluding carboxylic acids is 3. The molecule has 4 N–H and O–H groups in total. The van der Waals surface area contributed by atoms with Gasteiger partial charge in [0.2, 0.25) is 11.8 Å². The zero-order valence-electron chi connectivity index (χ0n) is 20.7. The standard InChI is InChI=1S/C29H32N4O4/c34-27(15-14-21-7-2-1-3-8-21)32-25-12-5-10-23(18-25)30-20-28(35)33-24-11-4-9-22(17-24)29(36)31-19-26-13-6-16-37-26/h1-5,7-12,17-18,26,30H,6,13-16,19-20H2,(H,31,36)(H,32,34)(H,33,35). The molecule has 3 aromatic carbocycles. The van der Waals surface area contributed by atoms with Gasteiger partial charge in [-0.2, -0.15) is 0 Å². The van der Waals surface area contributed by atoms with Crippen LogP contribution in [0.25, 0.3) is 0 Å². The van der Waals surface area contributed by atoms with E-state index < -0.39 is 0 Å². The molecule has 0 aliphatic carbocycles. The topological polar surface area (TPSA) is 109 Å². The lowest BCUT2D eigenvalue weighted by Gasteiger charge is -2.12. The molecule has 1 saturated heterocycles. The van der Waals surface area contributed by atoms with Crippen LogP contribution in [0.3, 0.4) is 0 Å². The minimum Gasteiger partial charge on any atom is -0.376 e. The summed E-state index contributed by atoms with van der Waals surface area (Å²) >= 11 is 0. The number of ether oxygens (including phenoxy) is 1. The van der Waals surface area contributed by atoms with Crippen LogP contribution in [-0.4, -0.2) is 43.5 Å². The highest BCUT2D eigenvalue weighted by atomic mass is 16.5. The van der Waals surface area contributed by atoms with Crippen LogP contribution in [0.2, 0.25) is 0 Å².